The standard InChI is InChI=1S/C16H23N3O3/c1-11-3-4-13(9-12(11)2)18-15(20)10-14(16(21)22)19-7-5-17-6-8-19/h3-4,9,14,17H,5-8,10H2,1-2H3,(H,18,20)(H,21,22)/t14-/m0/s1. The predicted molar refractivity (Wildman–Crippen MR) is 85.0 cm³/mol. The van der Waals surface area contributed by atoms with E-state index in [2.05, 4.69) is 10.6 Å². The molecule has 3 N–H and O–H groups in total. The van der Waals surface area contributed by atoms with Crippen molar-refractivity contribution in [2.75, 3.05) is 31.5 Å². The van der Waals surface area contributed by atoms with Crippen molar-refractivity contribution in [3.63, 3.8) is 0 Å². The molecular weight excluding hydrogens is 282 g/mol. The Morgan fingerprint density at radius 1 is 1.27 bits per heavy atom. The minimum absolute atomic E-state index is 0.0394. The maximum Gasteiger partial charge on any atom is 0.321 e. The van der Waals surface area contributed by atoms with E-state index in [9.17, 15) is 14.7 Å². The molecule has 0 spiro atoms. The lowest BCUT2D eigenvalue weighted by molar-refractivity contribution is -0.145. The number of hydrogen-bond acceptors (Lipinski definition) is 4. The lowest BCUT2D eigenvalue weighted by Gasteiger charge is -2.32. The summed E-state index contributed by atoms with van der Waals surface area (Å²) < 4.78 is 0. The molecule has 0 bridgehead atoms. The number of aryl methyl sites for hydroxylation is 2. The number of carboxylic acids is 1. The van der Waals surface area contributed by atoms with Gasteiger partial charge in [0.25, 0.3) is 0 Å². The maximum atomic E-state index is 12.1. The average molecular weight is 305 g/mol. The molecule has 1 amide bonds. The molecule has 22 heavy (non-hydrogen) atoms. The normalized spacial score (nSPS) is 17.0. The molecule has 0 unspecified atom stereocenters. The van der Waals surface area contributed by atoms with Crippen LogP contribution >= 0.6 is 0 Å². The Morgan fingerprint density at radius 3 is 2.55 bits per heavy atom. The molecule has 6 heteroatoms. The molecule has 0 aromatic heterocycles. The fraction of sp³-hybridized carbons (Fsp3) is 0.500. The number of piperazine rings is 1. The zero-order chi connectivity index (χ0) is 16.1. The summed E-state index contributed by atoms with van der Waals surface area (Å²) in [6.45, 7) is 6.78. The van der Waals surface area contributed by atoms with Crippen molar-refractivity contribution < 1.29 is 14.7 Å². The molecule has 1 heterocycles. The number of amides is 1. The lowest BCUT2D eigenvalue weighted by atomic mass is 10.1. The van der Waals surface area contributed by atoms with Gasteiger partial charge in [0.05, 0.1) is 6.42 Å². The largest absolute Gasteiger partial charge is 0.480 e. The summed E-state index contributed by atoms with van der Waals surface area (Å²) in [7, 11) is 0. The van der Waals surface area contributed by atoms with Gasteiger partial charge in [-0.25, -0.2) is 0 Å². The number of nitrogens with one attached hydrogen (secondary N) is 2. The van der Waals surface area contributed by atoms with Gasteiger partial charge in [-0.05, 0) is 37.1 Å². The third-order valence-corrected chi connectivity index (χ3v) is 4.05. The lowest BCUT2D eigenvalue weighted by Crippen LogP contribution is -2.52. The van der Waals surface area contributed by atoms with Gasteiger partial charge >= 0.3 is 5.97 Å². The van der Waals surface area contributed by atoms with Gasteiger partial charge in [0.15, 0.2) is 0 Å². The number of rotatable bonds is 5. The van der Waals surface area contributed by atoms with Crippen molar-refractivity contribution >= 4 is 17.6 Å². The smallest absolute Gasteiger partial charge is 0.321 e. The van der Waals surface area contributed by atoms with E-state index in [1.807, 2.05) is 36.9 Å². The number of hydrogen-bond donors (Lipinski definition) is 3. The first-order valence-electron chi connectivity index (χ1n) is 7.52. The average Bonchev–Trinajstić information content (AvgIpc) is 2.49. The van der Waals surface area contributed by atoms with E-state index < -0.39 is 12.0 Å². The molecule has 1 saturated heterocycles. The molecule has 1 aliphatic rings. The first-order valence-corrected chi connectivity index (χ1v) is 7.52. The topological polar surface area (TPSA) is 81.7 Å². The summed E-state index contributed by atoms with van der Waals surface area (Å²) in [5, 5.41) is 15.3. The maximum absolute atomic E-state index is 12.1. The van der Waals surface area contributed by atoms with E-state index >= 15 is 0 Å². The van der Waals surface area contributed by atoms with Crippen LogP contribution in [0.15, 0.2) is 18.2 Å². The number of benzene rings is 1. The van der Waals surface area contributed by atoms with Gasteiger partial charge in [-0.15, -0.1) is 0 Å². The highest BCUT2D eigenvalue weighted by Crippen LogP contribution is 2.15. The molecule has 1 atom stereocenters. The van der Waals surface area contributed by atoms with Gasteiger partial charge in [-0.1, -0.05) is 6.07 Å². The van der Waals surface area contributed by atoms with Crippen molar-refractivity contribution in [1.29, 1.82) is 0 Å². The van der Waals surface area contributed by atoms with Crippen molar-refractivity contribution in [3.05, 3.63) is 29.3 Å². The van der Waals surface area contributed by atoms with Crippen LogP contribution in [-0.2, 0) is 9.59 Å². The highest BCUT2D eigenvalue weighted by molar-refractivity contribution is 5.94. The summed E-state index contributed by atoms with van der Waals surface area (Å²) in [6, 6.07) is 4.90. The molecule has 1 aromatic carbocycles. The van der Waals surface area contributed by atoms with Crippen LogP contribution in [0.3, 0.4) is 0 Å². The molecule has 0 radical (unpaired) electrons. The number of anilines is 1. The van der Waals surface area contributed by atoms with Crippen molar-refractivity contribution in [2.24, 2.45) is 0 Å². The van der Waals surface area contributed by atoms with E-state index in [1.165, 1.54) is 0 Å². The van der Waals surface area contributed by atoms with Gasteiger partial charge < -0.3 is 15.7 Å². The van der Waals surface area contributed by atoms with Crippen LogP contribution in [0.1, 0.15) is 17.5 Å². The first kappa shape index (κ1) is 16.5. The highest BCUT2D eigenvalue weighted by Gasteiger charge is 2.29. The van der Waals surface area contributed by atoms with E-state index in [-0.39, 0.29) is 12.3 Å². The number of carbonyl (C=O) groups excluding carboxylic acids is 1. The molecule has 1 fully saturated rings. The highest BCUT2D eigenvalue weighted by atomic mass is 16.4. The summed E-state index contributed by atoms with van der Waals surface area (Å²) in [6.07, 6.45) is -0.0394. The van der Waals surface area contributed by atoms with E-state index in [0.717, 1.165) is 24.2 Å². The molecular formula is C16H23N3O3. The van der Waals surface area contributed by atoms with Crippen LogP contribution in [0, 0.1) is 13.8 Å². The second-order valence-corrected chi connectivity index (χ2v) is 5.69. The Balaban J connectivity index is 1.98. The summed E-state index contributed by atoms with van der Waals surface area (Å²) in [5.74, 6) is -1.22. The molecule has 1 aliphatic heterocycles. The van der Waals surface area contributed by atoms with Crippen LogP contribution < -0.4 is 10.6 Å². The predicted octanol–water partition coefficient (Wildman–Crippen LogP) is 0.990. The molecule has 120 valence electrons. The second kappa shape index (κ2) is 7.38. The molecule has 0 aliphatic carbocycles. The van der Waals surface area contributed by atoms with Gasteiger partial charge in [-0.2, -0.15) is 0 Å². The number of carboxylic acid groups (broad SMARTS) is 1. The van der Waals surface area contributed by atoms with Crippen molar-refractivity contribution in [2.45, 2.75) is 26.3 Å². The van der Waals surface area contributed by atoms with Gasteiger partial charge in [-0.3, -0.25) is 14.5 Å². The SMILES string of the molecule is Cc1ccc(NC(=O)C[C@@H](C(=O)O)N2CCNCC2)cc1C. The zero-order valence-electron chi connectivity index (χ0n) is 13.1. The van der Waals surface area contributed by atoms with Crippen LogP contribution in [0.4, 0.5) is 5.69 Å². The molecule has 6 nitrogen and oxygen atoms in total. The minimum Gasteiger partial charge on any atom is -0.480 e. The quantitative estimate of drug-likeness (QED) is 0.756. The fourth-order valence-corrected chi connectivity index (χ4v) is 2.57. The van der Waals surface area contributed by atoms with Gasteiger partial charge in [0.2, 0.25) is 5.91 Å². The Morgan fingerprint density at radius 2 is 1.95 bits per heavy atom. The van der Waals surface area contributed by atoms with E-state index in [0.29, 0.717) is 18.8 Å². The van der Waals surface area contributed by atoms with Crippen LogP contribution in [-0.4, -0.2) is 54.1 Å². The summed E-state index contributed by atoms with van der Waals surface area (Å²) in [4.78, 5) is 25.4. The number of carbonyl (C=O) groups is 2. The minimum atomic E-state index is -0.947. The number of nitrogens with zero attached hydrogens (tertiary/aromatic N) is 1. The van der Waals surface area contributed by atoms with E-state index in [4.69, 9.17) is 0 Å². The fourth-order valence-electron chi connectivity index (χ4n) is 2.57. The Hall–Kier alpha value is -1.92. The summed E-state index contributed by atoms with van der Waals surface area (Å²) in [5.41, 5.74) is 2.95. The monoisotopic (exact) mass is 305 g/mol. The first-order chi connectivity index (χ1) is 10.5. The molecule has 1 aromatic rings. The van der Waals surface area contributed by atoms with Gasteiger partial charge in [0, 0.05) is 31.9 Å². The van der Waals surface area contributed by atoms with Crippen LogP contribution in [0.5, 0.6) is 0 Å². The Bertz CT molecular complexity index is 554. The molecule has 2 rings (SSSR count). The van der Waals surface area contributed by atoms with Crippen LogP contribution in [0.25, 0.3) is 0 Å². The van der Waals surface area contributed by atoms with Gasteiger partial charge in [0.1, 0.15) is 6.04 Å². The third-order valence-electron chi connectivity index (χ3n) is 4.05. The number of aliphatic carboxylic acids is 1. The Labute approximate surface area is 130 Å². The Kier molecular flexibility index (Phi) is 5.51. The van der Waals surface area contributed by atoms with Crippen molar-refractivity contribution in [1.82, 2.24) is 10.2 Å². The summed E-state index contributed by atoms with van der Waals surface area (Å²) >= 11 is 0. The zero-order valence-corrected chi connectivity index (χ0v) is 13.1. The third kappa shape index (κ3) is 4.29. The van der Waals surface area contributed by atoms with Crippen LogP contribution in [0.2, 0.25) is 0 Å². The van der Waals surface area contributed by atoms with Crippen molar-refractivity contribution in [3.8, 4) is 0 Å². The van der Waals surface area contributed by atoms with E-state index in [1.54, 1.807) is 0 Å². The second-order valence-electron chi connectivity index (χ2n) is 5.69. The molecule has 0 saturated carbocycles.